The topological polar surface area (TPSA) is 17.1 Å². The second-order valence-corrected chi connectivity index (χ2v) is 12.1. The van der Waals surface area contributed by atoms with Crippen LogP contribution in [0.15, 0.2) is 23.3 Å². The van der Waals surface area contributed by atoms with E-state index in [0.717, 1.165) is 19.3 Å². The lowest BCUT2D eigenvalue weighted by molar-refractivity contribution is -0.116. The van der Waals surface area contributed by atoms with Crippen LogP contribution in [0.4, 0.5) is 0 Å². The molecule has 0 saturated carbocycles. The first-order valence-corrected chi connectivity index (χ1v) is 10.7. The van der Waals surface area contributed by atoms with Crippen molar-refractivity contribution in [3.63, 3.8) is 0 Å². The van der Waals surface area contributed by atoms with E-state index < -0.39 is 8.07 Å². The van der Waals surface area contributed by atoms with Crippen LogP contribution in [-0.2, 0) is 4.79 Å². The maximum atomic E-state index is 10.8. The molecule has 0 radical (unpaired) electrons. The van der Waals surface area contributed by atoms with Gasteiger partial charge in [0.25, 0.3) is 0 Å². The zero-order chi connectivity index (χ0) is 14.2. The molecule has 0 spiro atoms. The molecule has 0 rings (SSSR count). The van der Waals surface area contributed by atoms with Gasteiger partial charge < -0.3 is 4.79 Å². The lowest BCUT2D eigenvalue weighted by atomic mass is 10.1. The Hall–Kier alpha value is -0.633. The number of rotatable bonds is 8. The lowest BCUT2D eigenvalue weighted by Crippen LogP contribution is -2.19. The Morgan fingerprint density at radius 2 is 1.39 bits per heavy atom. The van der Waals surface area contributed by atoms with E-state index in [2.05, 4.69) is 45.6 Å². The van der Waals surface area contributed by atoms with Crippen molar-refractivity contribution in [1.82, 2.24) is 0 Å². The van der Waals surface area contributed by atoms with Gasteiger partial charge in [0, 0.05) is 14.5 Å². The molecule has 0 unspecified atom stereocenters. The molecule has 0 aromatic rings. The Kier molecular flexibility index (Phi) is 8.17. The van der Waals surface area contributed by atoms with Gasteiger partial charge in [-0.25, -0.2) is 0 Å². The highest BCUT2D eigenvalue weighted by molar-refractivity contribution is 6.76. The van der Waals surface area contributed by atoms with Crippen LogP contribution < -0.4 is 0 Å². The predicted molar refractivity (Wildman–Crippen MR) is 84.8 cm³/mol. The third-order valence-corrected chi connectivity index (χ3v) is 4.45. The van der Waals surface area contributed by atoms with Gasteiger partial charge in [-0.2, -0.15) is 0 Å². The fourth-order valence-corrected chi connectivity index (χ4v) is 3.90. The number of carbonyl (C=O) groups is 1. The van der Waals surface area contributed by atoms with Crippen molar-refractivity contribution in [1.29, 1.82) is 0 Å². The van der Waals surface area contributed by atoms with Crippen molar-refractivity contribution in [2.24, 2.45) is 0 Å². The summed E-state index contributed by atoms with van der Waals surface area (Å²) in [5, 5.41) is 0. The van der Waals surface area contributed by atoms with E-state index in [1.54, 1.807) is 12.5 Å². The molecule has 0 atom stereocenters. The van der Waals surface area contributed by atoms with Crippen molar-refractivity contribution < 1.29 is 4.79 Å². The predicted octanol–water partition coefficient (Wildman–Crippen LogP) is 5.37. The fraction of sp³-hybridized carbons (Fsp3) is 0.688. The Labute approximate surface area is 114 Å². The maximum absolute atomic E-state index is 10.8. The molecule has 0 amide bonds. The molecule has 0 fully saturated rings. The highest BCUT2D eigenvalue weighted by Gasteiger charge is 2.12. The standard InChI is InChI=1S/C16H30OSi/c1-14(10-8-12-16(3)17)9-7-11-15(2)13-18(4,5)6/h10-11H,7-9,12-13H2,1-6H3/b14-10+,15-11+. The quantitative estimate of drug-likeness (QED) is 0.426. The van der Waals surface area contributed by atoms with Crippen molar-refractivity contribution in [3.05, 3.63) is 23.3 Å². The van der Waals surface area contributed by atoms with Crippen LogP contribution in [0.5, 0.6) is 0 Å². The molecule has 1 nitrogen and oxygen atoms in total. The Bertz CT molecular complexity index is 318. The van der Waals surface area contributed by atoms with Crippen LogP contribution in [0, 0.1) is 0 Å². The Balaban J connectivity index is 3.95. The number of Topliss-reactive ketones (excluding diaryl/α,β-unsaturated/α-hetero) is 1. The van der Waals surface area contributed by atoms with E-state index >= 15 is 0 Å². The van der Waals surface area contributed by atoms with Gasteiger partial charge in [-0.15, -0.1) is 0 Å². The van der Waals surface area contributed by atoms with Crippen molar-refractivity contribution >= 4 is 13.9 Å². The van der Waals surface area contributed by atoms with Crippen molar-refractivity contribution in [2.45, 2.75) is 72.1 Å². The molecule has 0 bridgehead atoms. The number of carbonyl (C=O) groups excluding carboxylic acids is 1. The number of allylic oxidation sites excluding steroid dienone is 4. The van der Waals surface area contributed by atoms with Crippen molar-refractivity contribution in [2.75, 3.05) is 0 Å². The minimum absolute atomic E-state index is 0.282. The van der Waals surface area contributed by atoms with Gasteiger partial charge in [-0.05, 0) is 46.1 Å². The molecule has 0 aromatic heterocycles. The van der Waals surface area contributed by atoms with Gasteiger partial charge in [0.05, 0.1) is 0 Å². The van der Waals surface area contributed by atoms with Crippen LogP contribution in [0.2, 0.25) is 25.7 Å². The average Bonchev–Trinajstić information content (AvgIpc) is 2.13. The molecule has 0 saturated heterocycles. The lowest BCUT2D eigenvalue weighted by Gasteiger charge is -2.15. The second kappa shape index (κ2) is 8.47. The molecule has 0 aliphatic carbocycles. The minimum Gasteiger partial charge on any atom is -0.300 e. The van der Waals surface area contributed by atoms with Crippen LogP contribution >= 0.6 is 0 Å². The van der Waals surface area contributed by atoms with E-state index in [1.807, 2.05) is 0 Å². The minimum atomic E-state index is -0.951. The number of hydrogen-bond donors (Lipinski definition) is 0. The summed E-state index contributed by atoms with van der Waals surface area (Å²) in [5.74, 6) is 0.282. The summed E-state index contributed by atoms with van der Waals surface area (Å²) in [7, 11) is -0.951. The SMILES string of the molecule is CC(=O)CC/C=C(\C)CC/C=C(\C)C[Si](C)(C)C. The summed E-state index contributed by atoms with van der Waals surface area (Å²) in [4.78, 5) is 10.8. The molecular weight excluding hydrogens is 236 g/mol. The van der Waals surface area contributed by atoms with Crippen LogP contribution in [0.25, 0.3) is 0 Å². The summed E-state index contributed by atoms with van der Waals surface area (Å²) < 4.78 is 0. The first kappa shape index (κ1) is 17.4. The molecule has 0 aliphatic heterocycles. The molecule has 0 heterocycles. The Morgan fingerprint density at radius 3 is 1.89 bits per heavy atom. The van der Waals surface area contributed by atoms with Crippen LogP contribution in [0.1, 0.15) is 46.5 Å². The monoisotopic (exact) mass is 266 g/mol. The van der Waals surface area contributed by atoms with Gasteiger partial charge in [0.2, 0.25) is 0 Å². The third kappa shape index (κ3) is 11.8. The normalized spacial score (nSPS) is 13.9. The summed E-state index contributed by atoms with van der Waals surface area (Å²) in [6.07, 6.45) is 8.45. The number of hydrogen-bond acceptors (Lipinski definition) is 1. The van der Waals surface area contributed by atoms with Crippen LogP contribution in [0.3, 0.4) is 0 Å². The van der Waals surface area contributed by atoms with E-state index in [0.29, 0.717) is 6.42 Å². The molecule has 104 valence electrons. The zero-order valence-corrected chi connectivity index (χ0v) is 14.1. The summed E-state index contributed by atoms with van der Waals surface area (Å²) in [5.41, 5.74) is 2.96. The van der Waals surface area contributed by atoms with Gasteiger partial charge in [0.1, 0.15) is 5.78 Å². The second-order valence-electron chi connectivity index (χ2n) is 6.62. The van der Waals surface area contributed by atoms with E-state index in [-0.39, 0.29) is 5.78 Å². The van der Waals surface area contributed by atoms with Crippen LogP contribution in [-0.4, -0.2) is 13.9 Å². The first-order chi connectivity index (χ1) is 8.20. The highest BCUT2D eigenvalue weighted by Crippen LogP contribution is 2.17. The van der Waals surface area contributed by atoms with Gasteiger partial charge in [-0.3, -0.25) is 0 Å². The molecular formula is C16H30OSi. The maximum Gasteiger partial charge on any atom is 0.130 e. The van der Waals surface area contributed by atoms with E-state index in [1.165, 1.54) is 11.6 Å². The molecule has 18 heavy (non-hydrogen) atoms. The smallest absolute Gasteiger partial charge is 0.130 e. The molecule has 0 aromatic carbocycles. The fourth-order valence-electron chi connectivity index (χ4n) is 2.08. The third-order valence-electron chi connectivity index (χ3n) is 2.83. The van der Waals surface area contributed by atoms with E-state index in [4.69, 9.17) is 0 Å². The zero-order valence-electron chi connectivity index (χ0n) is 13.1. The highest BCUT2D eigenvalue weighted by atomic mass is 28.3. The van der Waals surface area contributed by atoms with Gasteiger partial charge in [-0.1, -0.05) is 42.9 Å². The van der Waals surface area contributed by atoms with E-state index in [9.17, 15) is 4.79 Å². The number of ketones is 1. The van der Waals surface area contributed by atoms with Gasteiger partial charge >= 0.3 is 0 Å². The summed E-state index contributed by atoms with van der Waals surface area (Å²) in [6.45, 7) is 13.3. The first-order valence-electron chi connectivity index (χ1n) is 7.01. The average molecular weight is 267 g/mol. The largest absolute Gasteiger partial charge is 0.300 e. The molecule has 2 heteroatoms. The molecule has 0 aliphatic rings. The van der Waals surface area contributed by atoms with Crippen molar-refractivity contribution in [3.8, 4) is 0 Å². The Morgan fingerprint density at radius 1 is 0.889 bits per heavy atom. The van der Waals surface area contributed by atoms with Gasteiger partial charge in [0.15, 0.2) is 0 Å². The summed E-state index contributed by atoms with van der Waals surface area (Å²) >= 11 is 0. The summed E-state index contributed by atoms with van der Waals surface area (Å²) in [6, 6.07) is 1.31. The molecule has 0 N–H and O–H groups in total.